The van der Waals surface area contributed by atoms with E-state index in [0.29, 0.717) is 18.4 Å². The van der Waals surface area contributed by atoms with Gasteiger partial charge in [-0.2, -0.15) is 0 Å². The molecule has 1 aliphatic carbocycles. The molecule has 3 rings (SSSR count). The van der Waals surface area contributed by atoms with Crippen LogP contribution >= 0.6 is 0 Å². The topological polar surface area (TPSA) is 45.2 Å². The number of rotatable bonds is 6. The van der Waals surface area contributed by atoms with Crippen molar-refractivity contribution in [2.45, 2.75) is 51.1 Å². The van der Waals surface area contributed by atoms with Gasteiger partial charge in [0.1, 0.15) is 0 Å². The number of carbonyl (C=O) groups is 1. The minimum Gasteiger partial charge on any atom is -0.335 e. The Morgan fingerprint density at radius 2 is 1.90 bits per heavy atom. The molecule has 1 saturated heterocycles. The van der Waals surface area contributed by atoms with Gasteiger partial charge >= 0.3 is 0 Å². The zero-order chi connectivity index (χ0) is 14.5. The summed E-state index contributed by atoms with van der Waals surface area (Å²) in [6, 6.07) is 4.50. The lowest BCUT2D eigenvalue weighted by molar-refractivity contribution is -0.132. The Hall–Kier alpha value is -1.42. The van der Waals surface area contributed by atoms with Crippen molar-refractivity contribution in [1.82, 2.24) is 15.2 Å². The van der Waals surface area contributed by atoms with Crippen molar-refractivity contribution in [1.29, 1.82) is 0 Å². The van der Waals surface area contributed by atoms with Gasteiger partial charge in [-0.15, -0.1) is 0 Å². The summed E-state index contributed by atoms with van der Waals surface area (Å²) in [5, 5.41) is 3.38. The molecule has 1 aliphatic heterocycles. The van der Waals surface area contributed by atoms with Crippen LogP contribution in [0, 0.1) is 5.92 Å². The predicted molar refractivity (Wildman–Crippen MR) is 82.6 cm³/mol. The van der Waals surface area contributed by atoms with E-state index in [0.717, 1.165) is 32.0 Å². The lowest BCUT2D eigenvalue weighted by atomic mass is 9.93. The fraction of sp³-hybridized carbons (Fsp3) is 0.647. The van der Waals surface area contributed by atoms with Gasteiger partial charge in [0.15, 0.2) is 0 Å². The Balaban J connectivity index is 1.52. The van der Waals surface area contributed by atoms with E-state index >= 15 is 0 Å². The normalized spacial score (nSPS) is 19.4. The van der Waals surface area contributed by atoms with Gasteiger partial charge in [-0.1, -0.05) is 0 Å². The summed E-state index contributed by atoms with van der Waals surface area (Å²) in [5.74, 6) is 1.07. The molecule has 1 amide bonds. The van der Waals surface area contributed by atoms with Crippen molar-refractivity contribution >= 4 is 5.91 Å². The molecule has 1 saturated carbocycles. The van der Waals surface area contributed by atoms with E-state index in [1.165, 1.54) is 31.2 Å². The van der Waals surface area contributed by atoms with Crippen molar-refractivity contribution in [3.63, 3.8) is 0 Å². The van der Waals surface area contributed by atoms with Crippen LogP contribution in [-0.4, -0.2) is 34.9 Å². The van der Waals surface area contributed by atoms with E-state index in [1.807, 2.05) is 12.1 Å². The Morgan fingerprint density at radius 1 is 1.19 bits per heavy atom. The molecule has 1 aromatic heterocycles. The van der Waals surface area contributed by atoms with E-state index in [9.17, 15) is 4.79 Å². The minimum atomic E-state index is 0.341. The van der Waals surface area contributed by atoms with Crippen molar-refractivity contribution in [2.24, 2.45) is 5.92 Å². The van der Waals surface area contributed by atoms with Gasteiger partial charge in [0.2, 0.25) is 5.91 Å². The molecule has 1 aromatic rings. The number of piperidine rings is 1. The Bertz CT molecular complexity index is 452. The number of amides is 1. The molecule has 0 atom stereocenters. The number of nitrogens with zero attached hydrogens (tertiary/aromatic N) is 2. The number of aromatic nitrogens is 1. The monoisotopic (exact) mass is 287 g/mol. The van der Waals surface area contributed by atoms with Gasteiger partial charge in [0.05, 0.1) is 0 Å². The molecule has 0 unspecified atom stereocenters. The molecule has 0 radical (unpaired) electrons. The molecule has 0 aromatic carbocycles. The molecule has 4 heteroatoms. The summed E-state index contributed by atoms with van der Waals surface area (Å²) >= 11 is 0. The second-order valence-corrected chi connectivity index (χ2v) is 6.34. The number of carbonyl (C=O) groups excluding carboxylic acids is 1. The molecule has 1 N–H and O–H groups in total. The molecule has 2 heterocycles. The molecule has 0 bridgehead atoms. The van der Waals surface area contributed by atoms with Gasteiger partial charge in [0.25, 0.3) is 0 Å². The first-order valence-corrected chi connectivity index (χ1v) is 8.22. The highest BCUT2D eigenvalue weighted by Gasteiger charge is 2.32. The molecule has 0 spiro atoms. The maximum absolute atomic E-state index is 12.6. The van der Waals surface area contributed by atoms with Crippen LogP contribution < -0.4 is 5.32 Å². The van der Waals surface area contributed by atoms with Gasteiger partial charge in [0, 0.05) is 31.4 Å². The fourth-order valence-electron chi connectivity index (χ4n) is 3.13. The number of nitrogens with one attached hydrogen (secondary N) is 1. The molecule has 114 valence electrons. The highest BCUT2D eigenvalue weighted by molar-refractivity contribution is 5.76. The molecule has 4 nitrogen and oxygen atoms in total. The van der Waals surface area contributed by atoms with Gasteiger partial charge < -0.3 is 10.2 Å². The van der Waals surface area contributed by atoms with Crippen LogP contribution in [0.25, 0.3) is 0 Å². The van der Waals surface area contributed by atoms with Crippen molar-refractivity contribution < 1.29 is 4.79 Å². The van der Waals surface area contributed by atoms with E-state index in [2.05, 4.69) is 15.2 Å². The van der Waals surface area contributed by atoms with E-state index in [4.69, 9.17) is 0 Å². The second-order valence-electron chi connectivity index (χ2n) is 6.34. The zero-order valence-corrected chi connectivity index (χ0v) is 12.6. The third-order valence-corrected chi connectivity index (χ3v) is 4.64. The van der Waals surface area contributed by atoms with Crippen molar-refractivity contribution in [3.8, 4) is 0 Å². The highest BCUT2D eigenvalue weighted by Crippen LogP contribution is 2.30. The zero-order valence-electron chi connectivity index (χ0n) is 12.6. The summed E-state index contributed by atoms with van der Waals surface area (Å²) in [7, 11) is 0. The summed E-state index contributed by atoms with van der Waals surface area (Å²) in [6.07, 6.45) is 10.2. The van der Waals surface area contributed by atoms with Crippen LogP contribution in [0.5, 0.6) is 0 Å². The first-order valence-electron chi connectivity index (χ1n) is 8.22. The van der Waals surface area contributed by atoms with Gasteiger partial charge in [-0.25, -0.2) is 0 Å². The molecule has 2 aliphatic rings. The van der Waals surface area contributed by atoms with Crippen molar-refractivity contribution in [2.75, 3.05) is 13.1 Å². The molecular weight excluding hydrogens is 262 g/mol. The van der Waals surface area contributed by atoms with Crippen LogP contribution in [0.2, 0.25) is 0 Å². The molecule has 21 heavy (non-hydrogen) atoms. The van der Waals surface area contributed by atoms with Crippen LogP contribution in [0.4, 0.5) is 0 Å². The first kappa shape index (κ1) is 14.5. The van der Waals surface area contributed by atoms with Crippen LogP contribution in [0.1, 0.15) is 44.1 Å². The fourth-order valence-corrected chi connectivity index (χ4v) is 3.13. The van der Waals surface area contributed by atoms with Crippen molar-refractivity contribution in [3.05, 3.63) is 30.1 Å². The smallest absolute Gasteiger partial charge is 0.223 e. The van der Waals surface area contributed by atoms with Crippen LogP contribution in [0.3, 0.4) is 0 Å². The van der Waals surface area contributed by atoms with E-state index < -0.39 is 0 Å². The minimum absolute atomic E-state index is 0.341. The first-order chi connectivity index (χ1) is 10.3. The average molecular weight is 287 g/mol. The Morgan fingerprint density at radius 3 is 2.57 bits per heavy atom. The Kier molecular flexibility index (Phi) is 4.86. The van der Waals surface area contributed by atoms with Crippen LogP contribution in [-0.2, 0) is 11.3 Å². The molecular formula is C17H25N3O. The average Bonchev–Trinajstić information content (AvgIpc) is 3.37. The number of hydrogen-bond donors (Lipinski definition) is 1. The lowest BCUT2D eigenvalue weighted by Gasteiger charge is -2.26. The second kappa shape index (κ2) is 7.03. The SMILES string of the molecule is O=C(CCC1CCNCC1)N(Cc1ccncc1)C1CC1. The lowest BCUT2D eigenvalue weighted by Crippen LogP contribution is -2.33. The maximum Gasteiger partial charge on any atom is 0.223 e. The summed E-state index contributed by atoms with van der Waals surface area (Å²) in [4.78, 5) is 18.7. The van der Waals surface area contributed by atoms with Crippen LogP contribution in [0.15, 0.2) is 24.5 Å². The summed E-state index contributed by atoms with van der Waals surface area (Å²) < 4.78 is 0. The maximum atomic E-state index is 12.6. The van der Waals surface area contributed by atoms with Gasteiger partial charge in [-0.3, -0.25) is 9.78 Å². The quantitative estimate of drug-likeness (QED) is 0.873. The standard InChI is InChI=1S/C17H25N3O/c21-17(4-1-14-5-9-18-10-6-14)20(16-2-3-16)13-15-7-11-19-12-8-15/h7-8,11-12,14,16,18H,1-6,9-10,13H2. The third kappa shape index (κ3) is 4.27. The Labute approximate surface area is 126 Å². The van der Waals surface area contributed by atoms with E-state index in [1.54, 1.807) is 12.4 Å². The largest absolute Gasteiger partial charge is 0.335 e. The molecule has 2 fully saturated rings. The highest BCUT2D eigenvalue weighted by atomic mass is 16.2. The third-order valence-electron chi connectivity index (χ3n) is 4.64. The van der Waals surface area contributed by atoms with E-state index in [-0.39, 0.29) is 0 Å². The summed E-state index contributed by atoms with van der Waals surface area (Å²) in [6.45, 7) is 2.97. The summed E-state index contributed by atoms with van der Waals surface area (Å²) in [5.41, 5.74) is 1.19. The predicted octanol–water partition coefficient (Wildman–Crippen LogP) is 2.35. The number of pyridine rings is 1. The number of hydrogen-bond acceptors (Lipinski definition) is 3. The van der Waals surface area contributed by atoms with Gasteiger partial charge in [-0.05, 0) is 68.8 Å².